The molecule has 0 amide bonds. The Hall–Kier alpha value is -2.51. The molecular weight excluding hydrogens is 349 g/mol. The van der Waals surface area contributed by atoms with Gasteiger partial charge in [-0.2, -0.15) is 13.2 Å². The number of rotatable bonds is 8. The highest BCUT2D eigenvalue weighted by molar-refractivity contribution is 5.84. The van der Waals surface area contributed by atoms with E-state index in [1.54, 1.807) is 24.3 Å². The molecule has 4 nitrogen and oxygen atoms in total. The third kappa shape index (κ3) is 5.79. The van der Waals surface area contributed by atoms with Crippen LogP contribution in [-0.4, -0.2) is 34.0 Å². The molecule has 0 N–H and O–H groups in total. The maximum atomic E-state index is 13.5. The number of ether oxygens (including phenoxy) is 4. The zero-order valence-corrected chi connectivity index (χ0v) is 14.4. The van der Waals surface area contributed by atoms with Gasteiger partial charge in [0.25, 0.3) is 0 Å². The molecule has 0 radical (unpaired) electrons. The number of hydrogen-bond acceptors (Lipinski definition) is 4. The van der Waals surface area contributed by atoms with E-state index in [1.807, 2.05) is 0 Å². The third-order valence-electron chi connectivity index (χ3n) is 3.35. The van der Waals surface area contributed by atoms with Gasteiger partial charge in [-0.3, -0.25) is 0 Å². The Morgan fingerprint density at radius 3 is 1.69 bits per heavy atom. The summed E-state index contributed by atoms with van der Waals surface area (Å²) in [6.45, 7) is 0.0965. The topological polar surface area (TPSA) is 36.9 Å². The first kappa shape index (κ1) is 19.8. The first-order valence-corrected chi connectivity index (χ1v) is 7.67. The van der Waals surface area contributed by atoms with E-state index in [1.165, 1.54) is 38.5 Å². The van der Waals surface area contributed by atoms with E-state index in [4.69, 9.17) is 18.9 Å². The minimum atomic E-state index is -4.50. The molecule has 2 aromatic carbocycles. The lowest BCUT2D eigenvalue weighted by molar-refractivity contribution is -0.0683. The first-order chi connectivity index (χ1) is 12.4. The molecule has 0 aliphatic heterocycles. The summed E-state index contributed by atoms with van der Waals surface area (Å²) in [5.41, 5.74) is -0.301. The van der Waals surface area contributed by atoms with Gasteiger partial charge >= 0.3 is 6.18 Å². The van der Waals surface area contributed by atoms with Crippen LogP contribution in [0, 0.1) is 0 Å². The van der Waals surface area contributed by atoms with E-state index < -0.39 is 11.7 Å². The number of halogens is 3. The van der Waals surface area contributed by atoms with Gasteiger partial charge in [0, 0.05) is 14.2 Å². The molecule has 0 spiro atoms. The minimum absolute atomic E-state index is 0.0266. The molecule has 2 rings (SSSR count). The van der Waals surface area contributed by atoms with Gasteiger partial charge in [0.15, 0.2) is 13.6 Å². The normalized spacial score (nSPS) is 12.1. The fourth-order valence-electron chi connectivity index (χ4n) is 2.14. The van der Waals surface area contributed by atoms with Gasteiger partial charge in [-0.15, -0.1) is 0 Å². The van der Waals surface area contributed by atoms with Crippen molar-refractivity contribution in [3.8, 4) is 11.5 Å². The molecule has 0 aliphatic rings. The molecule has 7 heteroatoms. The lowest BCUT2D eigenvalue weighted by Crippen LogP contribution is -2.10. The fraction of sp³-hybridized carbons (Fsp3) is 0.263. The SMILES string of the molecule is COCOc1ccc(C=C(c2ccc(OCOC)cc2)C(F)(F)F)cc1. The quantitative estimate of drug-likeness (QED) is 0.498. The van der Waals surface area contributed by atoms with Gasteiger partial charge in [0.2, 0.25) is 0 Å². The smallest absolute Gasteiger partial charge is 0.417 e. The molecule has 0 fully saturated rings. The van der Waals surface area contributed by atoms with Gasteiger partial charge in [-0.25, -0.2) is 0 Å². The predicted octanol–water partition coefficient (Wildman–Crippen LogP) is 4.75. The van der Waals surface area contributed by atoms with Crippen molar-refractivity contribution < 1.29 is 32.1 Å². The van der Waals surface area contributed by atoms with E-state index in [9.17, 15) is 13.2 Å². The molecule has 2 aromatic rings. The highest BCUT2D eigenvalue weighted by Gasteiger charge is 2.34. The molecular formula is C19H19F3O4. The van der Waals surface area contributed by atoms with Crippen LogP contribution >= 0.6 is 0 Å². The summed E-state index contributed by atoms with van der Waals surface area (Å²) in [5.74, 6) is 0.939. The Balaban J connectivity index is 2.25. The van der Waals surface area contributed by atoms with Crippen molar-refractivity contribution in [2.45, 2.75) is 6.18 Å². The van der Waals surface area contributed by atoms with Crippen molar-refractivity contribution in [2.24, 2.45) is 0 Å². The van der Waals surface area contributed by atoms with Gasteiger partial charge in [0.05, 0.1) is 5.57 Å². The van der Waals surface area contributed by atoms with Gasteiger partial charge in [-0.05, 0) is 41.5 Å². The monoisotopic (exact) mass is 368 g/mol. The largest absolute Gasteiger partial charge is 0.468 e. The predicted molar refractivity (Wildman–Crippen MR) is 91.8 cm³/mol. The van der Waals surface area contributed by atoms with Gasteiger partial charge in [0.1, 0.15) is 11.5 Å². The van der Waals surface area contributed by atoms with Crippen LogP contribution in [0.5, 0.6) is 11.5 Å². The molecule has 0 unspecified atom stereocenters. The highest BCUT2D eigenvalue weighted by Crippen LogP contribution is 2.36. The number of allylic oxidation sites excluding steroid dienone is 1. The van der Waals surface area contributed by atoms with Crippen LogP contribution in [0.3, 0.4) is 0 Å². The van der Waals surface area contributed by atoms with Crippen molar-refractivity contribution in [1.29, 1.82) is 0 Å². The van der Waals surface area contributed by atoms with E-state index in [2.05, 4.69) is 0 Å². The average Bonchev–Trinajstić information content (AvgIpc) is 2.63. The van der Waals surface area contributed by atoms with E-state index in [-0.39, 0.29) is 19.1 Å². The maximum Gasteiger partial charge on any atom is 0.417 e. The molecule has 140 valence electrons. The van der Waals surface area contributed by atoms with Crippen molar-refractivity contribution >= 4 is 11.6 Å². The Labute approximate surface area is 149 Å². The number of benzene rings is 2. The Morgan fingerprint density at radius 2 is 1.27 bits per heavy atom. The second-order valence-electron chi connectivity index (χ2n) is 5.25. The summed E-state index contributed by atoms with van der Waals surface area (Å²) in [5, 5.41) is 0. The second-order valence-corrected chi connectivity index (χ2v) is 5.25. The first-order valence-electron chi connectivity index (χ1n) is 7.67. The molecule has 0 saturated heterocycles. The third-order valence-corrected chi connectivity index (χ3v) is 3.35. The summed E-state index contributed by atoms with van der Waals surface area (Å²) in [6.07, 6.45) is -3.41. The molecule has 26 heavy (non-hydrogen) atoms. The second kappa shape index (κ2) is 9.26. The minimum Gasteiger partial charge on any atom is -0.468 e. The van der Waals surface area contributed by atoms with Crippen LogP contribution in [-0.2, 0) is 9.47 Å². The van der Waals surface area contributed by atoms with Crippen LogP contribution < -0.4 is 9.47 Å². The highest BCUT2D eigenvalue weighted by atomic mass is 19.4. The lowest BCUT2D eigenvalue weighted by atomic mass is 10.0. The van der Waals surface area contributed by atoms with Crippen molar-refractivity contribution in [3.05, 3.63) is 59.7 Å². The van der Waals surface area contributed by atoms with Crippen molar-refractivity contribution in [3.63, 3.8) is 0 Å². The molecule has 0 heterocycles. The summed E-state index contributed by atoms with van der Waals surface area (Å²) < 4.78 is 60.4. The average molecular weight is 368 g/mol. The van der Waals surface area contributed by atoms with Crippen molar-refractivity contribution in [2.75, 3.05) is 27.8 Å². The standard InChI is InChI=1S/C19H19F3O4/c1-23-12-25-16-7-3-14(4-8-16)11-18(19(20,21)22)15-5-9-17(10-6-15)26-13-24-2/h3-11H,12-13H2,1-2H3. The number of methoxy groups -OCH3 is 2. The van der Waals surface area contributed by atoms with Crippen LogP contribution in [0.1, 0.15) is 11.1 Å². The zero-order chi connectivity index (χ0) is 19.0. The van der Waals surface area contributed by atoms with Crippen LogP contribution in [0.15, 0.2) is 48.5 Å². The van der Waals surface area contributed by atoms with Gasteiger partial charge < -0.3 is 18.9 Å². The van der Waals surface area contributed by atoms with E-state index in [0.717, 1.165) is 6.08 Å². The maximum absolute atomic E-state index is 13.5. The van der Waals surface area contributed by atoms with Gasteiger partial charge in [-0.1, -0.05) is 24.3 Å². The Morgan fingerprint density at radius 1 is 0.808 bits per heavy atom. The summed E-state index contributed by atoms with van der Waals surface area (Å²) >= 11 is 0. The van der Waals surface area contributed by atoms with Crippen molar-refractivity contribution in [1.82, 2.24) is 0 Å². The summed E-state index contributed by atoms with van der Waals surface area (Å²) in [6, 6.07) is 11.9. The molecule has 0 saturated carbocycles. The van der Waals surface area contributed by atoms with Crippen LogP contribution in [0.2, 0.25) is 0 Å². The Bertz CT molecular complexity index is 707. The molecule has 0 bridgehead atoms. The van der Waals surface area contributed by atoms with E-state index >= 15 is 0 Å². The van der Waals surface area contributed by atoms with E-state index in [0.29, 0.717) is 17.1 Å². The molecule has 0 atom stereocenters. The van der Waals surface area contributed by atoms with Crippen LogP contribution in [0.4, 0.5) is 13.2 Å². The molecule has 0 aromatic heterocycles. The summed E-state index contributed by atoms with van der Waals surface area (Å²) in [7, 11) is 2.95. The molecule has 0 aliphatic carbocycles. The Kier molecular flexibility index (Phi) is 7.06. The van der Waals surface area contributed by atoms with Crippen LogP contribution in [0.25, 0.3) is 11.6 Å². The number of hydrogen-bond donors (Lipinski definition) is 0. The summed E-state index contributed by atoms with van der Waals surface area (Å²) in [4.78, 5) is 0. The zero-order valence-electron chi connectivity index (χ0n) is 14.4. The lowest BCUT2D eigenvalue weighted by Gasteiger charge is -2.13. The fourth-order valence-corrected chi connectivity index (χ4v) is 2.14. The number of alkyl halides is 3.